The van der Waals surface area contributed by atoms with Gasteiger partial charge < -0.3 is 10.1 Å². The number of nitrogens with one attached hydrogen (secondary N) is 1. The summed E-state index contributed by atoms with van der Waals surface area (Å²) in [4.78, 5) is 12.3. The lowest BCUT2D eigenvalue weighted by molar-refractivity contribution is 0.0833. The van der Waals surface area contributed by atoms with Crippen molar-refractivity contribution in [1.29, 1.82) is 0 Å². The molecule has 23 heavy (non-hydrogen) atoms. The maximum absolute atomic E-state index is 12.3. The molecule has 0 fully saturated rings. The maximum atomic E-state index is 12.3. The molecule has 0 bridgehead atoms. The van der Waals surface area contributed by atoms with Crippen molar-refractivity contribution in [2.24, 2.45) is 0 Å². The molecular formula is C15H10BrCl4NO2. The molecule has 0 aliphatic rings. The molecule has 0 spiro atoms. The van der Waals surface area contributed by atoms with E-state index in [4.69, 9.17) is 51.1 Å². The summed E-state index contributed by atoms with van der Waals surface area (Å²) in [7, 11) is 0. The quantitative estimate of drug-likeness (QED) is 0.479. The smallest absolute Gasteiger partial charge is 0.255 e. The van der Waals surface area contributed by atoms with Gasteiger partial charge >= 0.3 is 0 Å². The van der Waals surface area contributed by atoms with Crippen molar-refractivity contribution in [3.05, 3.63) is 63.6 Å². The van der Waals surface area contributed by atoms with Crippen molar-refractivity contribution in [3.8, 4) is 5.75 Å². The van der Waals surface area contributed by atoms with Gasteiger partial charge in [0.1, 0.15) is 5.75 Å². The number of carbonyl (C=O) groups excluding carboxylic acids is 1. The van der Waals surface area contributed by atoms with Gasteiger partial charge in [-0.25, -0.2) is 0 Å². The van der Waals surface area contributed by atoms with Crippen LogP contribution in [0.2, 0.25) is 5.02 Å². The first-order valence-corrected chi connectivity index (χ1v) is 8.62. The van der Waals surface area contributed by atoms with Crippen molar-refractivity contribution in [1.82, 2.24) is 5.32 Å². The molecule has 0 saturated carbocycles. The summed E-state index contributed by atoms with van der Waals surface area (Å²) in [5.74, 6) is -0.0759. The molecule has 0 heterocycles. The summed E-state index contributed by atoms with van der Waals surface area (Å²) in [5.41, 5.74) is 0.257. The Balaban J connectivity index is 2.18. The van der Waals surface area contributed by atoms with Crippen LogP contribution in [0.3, 0.4) is 0 Å². The summed E-state index contributed by atoms with van der Waals surface area (Å²) in [5, 5.41) is 2.81. The lowest BCUT2D eigenvalue weighted by Gasteiger charge is -2.26. The Morgan fingerprint density at radius 2 is 1.70 bits per heavy atom. The lowest BCUT2D eigenvalue weighted by atomic mass is 10.2. The van der Waals surface area contributed by atoms with E-state index in [0.717, 1.165) is 4.47 Å². The number of benzene rings is 2. The van der Waals surface area contributed by atoms with Gasteiger partial charge in [-0.15, -0.1) is 0 Å². The molecule has 0 aliphatic carbocycles. The molecule has 8 heteroatoms. The van der Waals surface area contributed by atoms with Crippen molar-refractivity contribution >= 4 is 68.2 Å². The van der Waals surface area contributed by atoms with Gasteiger partial charge in [0, 0.05) is 4.47 Å². The predicted molar refractivity (Wildman–Crippen MR) is 97.8 cm³/mol. The minimum atomic E-state index is -1.87. The first-order valence-electron chi connectivity index (χ1n) is 6.31. The average molecular weight is 458 g/mol. The van der Waals surface area contributed by atoms with Crippen LogP contribution in [-0.4, -0.2) is 15.9 Å². The fourth-order valence-corrected chi connectivity index (χ4v) is 2.45. The van der Waals surface area contributed by atoms with E-state index >= 15 is 0 Å². The van der Waals surface area contributed by atoms with Crippen LogP contribution >= 0.6 is 62.3 Å². The third kappa shape index (κ3) is 5.44. The Kier molecular flexibility index (Phi) is 6.46. The molecule has 3 nitrogen and oxygen atoms in total. The highest BCUT2D eigenvalue weighted by Crippen LogP contribution is 2.32. The number of amides is 1. The highest BCUT2D eigenvalue weighted by atomic mass is 79.9. The van der Waals surface area contributed by atoms with Crippen molar-refractivity contribution in [2.75, 3.05) is 0 Å². The molecule has 2 aromatic carbocycles. The predicted octanol–water partition coefficient (Wildman–Crippen LogP) is 5.61. The molecule has 122 valence electrons. The van der Waals surface area contributed by atoms with Gasteiger partial charge in [0.2, 0.25) is 10.0 Å². The molecule has 0 radical (unpaired) electrons. The Hall–Kier alpha value is -0.650. The van der Waals surface area contributed by atoms with Crippen LogP contribution in [0.4, 0.5) is 0 Å². The second-order valence-electron chi connectivity index (χ2n) is 4.45. The second kappa shape index (κ2) is 7.95. The van der Waals surface area contributed by atoms with E-state index < -0.39 is 15.9 Å². The van der Waals surface area contributed by atoms with Crippen molar-refractivity contribution in [2.45, 2.75) is 10.0 Å². The number of hydrogen-bond acceptors (Lipinski definition) is 2. The summed E-state index contributed by atoms with van der Waals surface area (Å²) in [6, 6.07) is 13.4. The summed E-state index contributed by atoms with van der Waals surface area (Å²) in [6.45, 7) is 0. The number of rotatable bonds is 4. The third-order valence-electron chi connectivity index (χ3n) is 2.75. The SMILES string of the molecule is O=C(NC(Oc1ccc(Br)cc1)C(Cl)(Cl)Cl)c1ccccc1Cl. The minimum Gasteiger partial charge on any atom is -0.466 e. The molecule has 0 saturated heterocycles. The van der Waals surface area contributed by atoms with Crippen molar-refractivity contribution in [3.63, 3.8) is 0 Å². The first kappa shape index (κ1) is 18.7. The molecule has 0 aromatic heterocycles. The highest BCUT2D eigenvalue weighted by molar-refractivity contribution is 9.10. The average Bonchev–Trinajstić information content (AvgIpc) is 2.48. The van der Waals surface area contributed by atoms with Crippen LogP contribution in [0.5, 0.6) is 5.75 Å². The Morgan fingerprint density at radius 1 is 1.09 bits per heavy atom. The number of halogens is 5. The zero-order chi connectivity index (χ0) is 17.0. The van der Waals surface area contributed by atoms with Gasteiger partial charge in [-0.2, -0.15) is 0 Å². The Labute approximate surface area is 161 Å². The number of ether oxygens (including phenoxy) is 1. The van der Waals surface area contributed by atoms with Gasteiger partial charge in [-0.3, -0.25) is 4.79 Å². The zero-order valence-corrected chi connectivity index (χ0v) is 16.0. The van der Waals surface area contributed by atoms with E-state index in [9.17, 15) is 4.79 Å². The molecule has 2 rings (SSSR count). The monoisotopic (exact) mass is 455 g/mol. The van der Waals surface area contributed by atoms with Crippen LogP contribution in [0.1, 0.15) is 10.4 Å². The molecule has 1 atom stereocenters. The molecule has 2 aromatic rings. The topological polar surface area (TPSA) is 38.3 Å². The van der Waals surface area contributed by atoms with Crippen LogP contribution in [0.25, 0.3) is 0 Å². The van der Waals surface area contributed by atoms with E-state index in [1.807, 2.05) is 0 Å². The largest absolute Gasteiger partial charge is 0.466 e. The van der Waals surface area contributed by atoms with E-state index in [2.05, 4.69) is 21.2 Å². The maximum Gasteiger partial charge on any atom is 0.255 e. The second-order valence-corrected chi connectivity index (χ2v) is 8.14. The zero-order valence-electron chi connectivity index (χ0n) is 11.4. The van der Waals surface area contributed by atoms with Gasteiger partial charge in [0.15, 0.2) is 0 Å². The third-order valence-corrected chi connectivity index (χ3v) is 4.20. The highest BCUT2D eigenvalue weighted by Gasteiger charge is 2.36. The first-order chi connectivity index (χ1) is 10.8. The normalized spacial score (nSPS) is 12.6. The molecule has 1 N–H and O–H groups in total. The Bertz CT molecular complexity index is 689. The van der Waals surface area contributed by atoms with E-state index in [-0.39, 0.29) is 10.6 Å². The summed E-state index contributed by atoms with van der Waals surface area (Å²) < 4.78 is 4.57. The fraction of sp³-hybridized carbons (Fsp3) is 0.133. The van der Waals surface area contributed by atoms with E-state index in [1.165, 1.54) is 0 Å². The molecular weight excluding hydrogens is 448 g/mol. The van der Waals surface area contributed by atoms with Crippen LogP contribution in [0.15, 0.2) is 53.0 Å². The van der Waals surface area contributed by atoms with Crippen LogP contribution in [0, 0.1) is 0 Å². The lowest BCUT2D eigenvalue weighted by Crippen LogP contribution is -2.47. The van der Waals surface area contributed by atoms with Gasteiger partial charge in [-0.05, 0) is 36.4 Å². The van der Waals surface area contributed by atoms with Gasteiger partial charge in [0.05, 0.1) is 10.6 Å². The molecule has 0 aliphatic heterocycles. The van der Waals surface area contributed by atoms with Gasteiger partial charge in [-0.1, -0.05) is 74.5 Å². The summed E-state index contributed by atoms with van der Waals surface area (Å²) >= 11 is 27.0. The molecule has 1 unspecified atom stereocenters. The van der Waals surface area contributed by atoms with Crippen molar-refractivity contribution < 1.29 is 9.53 Å². The number of alkyl halides is 3. The van der Waals surface area contributed by atoms with Gasteiger partial charge in [0.25, 0.3) is 5.91 Å². The summed E-state index contributed by atoms with van der Waals surface area (Å²) in [6.07, 6.45) is -1.20. The van der Waals surface area contributed by atoms with E-state index in [1.54, 1.807) is 48.5 Å². The van der Waals surface area contributed by atoms with E-state index in [0.29, 0.717) is 5.75 Å². The van der Waals surface area contributed by atoms with Crippen LogP contribution in [-0.2, 0) is 0 Å². The molecule has 1 amide bonds. The fourth-order valence-electron chi connectivity index (χ4n) is 1.67. The number of hydrogen-bond donors (Lipinski definition) is 1. The van der Waals surface area contributed by atoms with Crippen LogP contribution < -0.4 is 10.1 Å². The standard InChI is InChI=1S/C15H10BrCl4NO2/c16-9-5-7-10(8-6-9)23-14(15(18,19)20)21-13(22)11-3-1-2-4-12(11)17/h1-8,14H,(H,21,22). The Morgan fingerprint density at radius 3 is 2.26 bits per heavy atom. The minimum absolute atomic E-state index is 0.257. The number of carbonyl (C=O) groups is 1.